The molecular formula is C22H17N3O5. The molecule has 0 saturated heterocycles. The minimum atomic E-state index is -1.44. The molecule has 3 aliphatic heterocycles. The summed E-state index contributed by atoms with van der Waals surface area (Å²) < 4.78 is 16.9. The monoisotopic (exact) mass is 403 g/mol. The van der Waals surface area contributed by atoms with Gasteiger partial charge >= 0.3 is 0 Å². The number of ether oxygens (including phenoxy) is 2. The highest BCUT2D eigenvalue weighted by Crippen LogP contribution is 2.49. The molecule has 1 atom stereocenters. The zero-order valence-corrected chi connectivity index (χ0v) is 15.8. The highest BCUT2D eigenvalue weighted by Gasteiger charge is 2.57. The Labute approximate surface area is 171 Å². The number of nitrogens with zero attached hydrogens (tertiary/aromatic N) is 1. The molecular weight excluding hydrogens is 386 g/mol. The van der Waals surface area contributed by atoms with Crippen LogP contribution in [-0.2, 0) is 17.0 Å². The van der Waals surface area contributed by atoms with Gasteiger partial charge in [-0.3, -0.25) is 14.5 Å². The number of hydrogen-bond donors (Lipinski definition) is 2. The SMILES string of the molecule is O=C1c2ccccc2N[C@@]2(C(=O)Nc3cc4c(cc32)OCCO4)N1Cc1ccco1. The summed E-state index contributed by atoms with van der Waals surface area (Å²) in [6, 6.07) is 14.2. The number of para-hydroxylation sites is 1. The second-order valence-corrected chi connectivity index (χ2v) is 7.35. The summed E-state index contributed by atoms with van der Waals surface area (Å²) >= 11 is 0. The average molecular weight is 403 g/mol. The van der Waals surface area contributed by atoms with Crippen molar-refractivity contribution in [3.05, 3.63) is 71.7 Å². The van der Waals surface area contributed by atoms with E-state index in [2.05, 4.69) is 10.6 Å². The third-order valence-electron chi connectivity index (χ3n) is 5.67. The molecule has 0 unspecified atom stereocenters. The first kappa shape index (κ1) is 17.0. The van der Waals surface area contributed by atoms with Crippen LogP contribution in [0.2, 0.25) is 0 Å². The summed E-state index contributed by atoms with van der Waals surface area (Å²) in [5.41, 5.74) is 0.827. The molecule has 0 aliphatic carbocycles. The van der Waals surface area contributed by atoms with Crippen LogP contribution in [-0.4, -0.2) is 29.9 Å². The highest BCUT2D eigenvalue weighted by atomic mass is 16.6. The maximum Gasteiger partial charge on any atom is 0.276 e. The van der Waals surface area contributed by atoms with E-state index in [1.54, 1.807) is 48.7 Å². The zero-order valence-electron chi connectivity index (χ0n) is 15.8. The predicted molar refractivity (Wildman–Crippen MR) is 106 cm³/mol. The second kappa shape index (κ2) is 6.03. The molecule has 8 heteroatoms. The maximum absolute atomic E-state index is 13.6. The van der Waals surface area contributed by atoms with Gasteiger partial charge in [-0.15, -0.1) is 0 Å². The molecule has 3 aliphatic rings. The van der Waals surface area contributed by atoms with Gasteiger partial charge in [0, 0.05) is 17.3 Å². The van der Waals surface area contributed by atoms with Crippen LogP contribution >= 0.6 is 0 Å². The van der Waals surface area contributed by atoms with E-state index < -0.39 is 5.66 Å². The molecule has 2 amide bonds. The number of nitrogens with one attached hydrogen (secondary N) is 2. The minimum absolute atomic E-state index is 0.120. The number of fused-ring (bicyclic) bond motifs is 4. The van der Waals surface area contributed by atoms with Gasteiger partial charge in [-0.1, -0.05) is 12.1 Å². The summed E-state index contributed by atoms with van der Waals surface area (Å²) in [5, 5.41) is 6.24. The molecule has 4 heterocycles. The van der Waals surface area contributed by atoms with Crippen LogP contribution < -0.4 is 20.1 Å². The van der Waals surface area contributed by atoms with Gasteiger partial charge in [0.1, 0.15) is 19.0 Å². The molecule has 2 N–H and O–H groups in total. The summed E-state index contributed by atoms with van der Waals surface area (Å²) in [5.74, 6) is 1.06. The van der Waals surface area contributed by atoms with Crippen LogP contribution in [0.15, 0.2) is 59.2 Å². The number of amides is 2. The smallest absolute Gasteiger partial charge is 0.276 e. The Morgan fingerprint density at radius 2 is 1.77 bits per heavy atom. The Bertz CT molecular complexity index is 1190. The molecule has 8 nitrogen and oxygen atoms in total. The van der Waals surface area contributed by atoms with E-state index in [4.69, 9.17) is 13.9 Å². The van der Waals surface area contributed by atoms with Gasteiger partial charge in [-0.25, -0.2) is 0 Å². The zero-order chi connectivity index (χ0) is 20.3. The number of anilines is 2. The van der Waals surface area contributed by atoms with E-state index in [0.29, 0.717) is 53.0 Å². The fraction of sp³-hybridized carbons (Fsp3) is 0.182. The molecule has 0 saturated carbocycles. The quantitative estimate of drug-likeness (QED) is 0.684. The standard InChI is InChI=1S/C22H17N3O5/c26-20-14-5-1-2-6-16(14)24-22(25(20)12-13-4-3-7-28-13)15-10-18-19(30-9-8-29-18)11-17(15)23-21(22)27/h1-7,10-11,24H,8-9,12H2,(H,23,27)/t22-/m1/s1. The Morgan fingerprint density at radius 1 is 0.967 bits per heavy atom. The molecule has 6 rings (SSSR count). The van der Waals surface area contributed by atoms with Crippen molar-refractivity contribution in [1.29, 1.82) is 0 Å². The Kier molecular flexibility index (Phi) is 3.41. The van der Waals surface area contributed by atoms with E-state index in [1.165, 1.54) is 4.90 Å². The Hall–Kier alpha value is -3.94. The van der Waals surface area contributed by atoms with Crippen LogP contribution in [0.5, 0.6) is 11.5 Å². The molecule has 0 radical (unpaired) electrons. The molecule has 3 aromatic rings. The van der Waals surface area contributed by atoms with E-state index >= 15 is 0 Å². The van der Waals surface area contributed by atoms with Crippen LogP contribution in [0.3, 0.4) is 0 Å². The van der Waals surface area contributed by atoms with Crippen molar-refractivity contribution >= 4 is 23.2 Å². The number of benzene rings is 2. The maximum atomic E-state index is 13.6. The van der Waals surface area contributed by atoms with Crippen LogP contribution in [0.4, 0.5) is 11.4 Å². The van der Waals surface area contributed by atoms with Gasteiger partial charge in [-0.05, 0) is 30.3 Å². The van der Waals surface area contributed by atoms with Crippen molar-refractivity contribution < 1.29 is 23.5 Å². The van der Waals surface area contributed by atoms with Crippen molar-refractivity contribution in [2.75, 3.05) is 23.8 Å². The van der Waals surface area contributed by atoms with Crippen LogP contribution in [0.1, 0.15) is 21.7 Å². The fourth-order valence-corrected chi connectivity index (χ4v) is 4.31. The molecule has 0 fully saturated rings. The lowest BCUT2D eigenvalue weighted by Crippen LogP contribution is -2.60. The van der Waals surface area contributed by atoms with Gasteiger partial charge in [0.05, 0.1) is 24.1 Å². The Balaban J connectivity index is 1.57. The van der Waals surface area contributed by atoms with Crippen molar-refractivity contribution in [1.82, 2.24) is 4.90 Å². The van der Waals surface area contributed by atoms with E-state index in [-0.39, 0.29) is 18.4 Å². The number of hydrogen-bond acceptors (Lipinski definition) is 6. The number of furan rings is 1. The number of carbonyl (C=O) groups excluding carboxylic acids is 2. The van der Waals surface area contributed by atoms with Crippen molar-refractivity contribution in [3.8, 4) is 11.5 Å². The lowest BCUT2D eigenvalue weighted by Gasteiger charge is -2.44. The summed E-state index contributed by atoms with van der Waals surface area (Å²) in [4.78, 5) is 28.5. The van der Waals surface area contributed by atoms with Crippen LogP contribution in [0.25, 0.3) is 0 Å². The molecule has 0 bridgehead atoms. The van der Waals surface area contributed by atoms with Gasteiger partial charge < -0.3 is 24.5 Å². The van der Waals surface area contributed by atoms with Gasteiger partial charge in [0.25, 0.3) is 11.8 Å². The third-order valence-corrected chi connectivity index (χ3v) is 5.67. The number of carbonyl (C=O) groups is 2. The first-order valence-electron chi connectivity index (χ1n) is 9.64. The van der Waals surface area contributed by atoms with Gasteiger partial charge in [0.2, 0.25) is 5.66 Å². The van der Waals surface area contributed by atoms with E-state index in [0.717, 1.165) is 0 Å². The molecule has 1 spiro atoms. The van der Waals surface area contributed by atoms with Crippen molar-refractivity contribution in [2.24, 2.45) is 0 Å². The van der Waals surface area contributed by atoms with E-state index in [9.17, 15) is 9.59 Å². The summed E-state index contributed by atoms with van der Waals surface area (Å²) in [6.07, 6.45) is 1.54. The first-order chi connectivity index (χ1) is 14.7. The minimum Gasteiger partial charge on any atom is -0.486 e. The molecule has 150 valence electrons. The third kappa shape index (κ3) is 2.21. The van der Waals surface area contributed by atoms with Crippen molar-refractivity contribution in [3.63, 3.8) is 0 Å². The Morgan fingerprint density at radius 3 is 2.57 bits per heavy atom. The van der Waals surface area contributed by atoms with Gasteiger partial charge in [0.15, 0.2) is 11.5 Å². The lowest BCUT2D eigenvalue weighted by molar-refractivity contribution is -0.125. The number of rotatable bonds is 2. The van der Waals surface area contributed by atoms with Crippen molar-refractivity contribution in [2.45, 2.75) is 12.2 Å². The lowest BCUT2D eigenvalue weighted by atomic mass is 9.92. The molecule has 2 aromatic carbocycles. The van der Waals surface area contributed by atoms with E-state index in [1.807, 2.05) is 6.07 Å². The summed E-state index contributed by atoms with van der Waals surface area (Å²) in [6.45, 7) is 0.986. The molecule has 30 heavy (non-hydrogen) atoms. The fourth-order valence-electron chi connectivity index (χ4n) is 4.31. The highest BCUT2D eigenvalue weighted by molar-refractivity contribution is 6.14. The van der Waals surface area contributed by atoms with Crippen LogP contribution in [0, 0.1) is 0 Å². The average Bonchev–Trinajstić information content (AvgIpc) is 3.36. The topological polar surface area (TPSA) is 93.0 Å². The predicted octanol–water partition coefficient (Wildman–Crippen LogP) is 2.92. The normalized spacial score (nSPS) is 21.1. The largest absolute Gasteiger partial charge is 0.486 e. The second-order valence-electron chi connectivity index (χ2n) is 7.35. The summed E-state index contributed by atoms with van der Waals surface area (Å²) in [7, 11) is 0. The molecule has 1 aromatic heterocycles. The van der Waals surface area contributed by atoms with Gasteiger partial charge in [-0.2, -0.15) is 0 Å². The first-order valence-corrected chi connectivity index (χ1v) is 9.64.